The molecule has 2 aliphatic carbocycles. The molecule has 1 amide bonds. The molecule has 0 aromatic carbocycles. The van der Waals surface area contributed by atoms with E-state index in [9.17, 15) is 4.79 Å². The van der Waals surface area contributed by atoms with Crippen LogP contribution in [0.25, 0.3) is 27.5 Å². The molecule has 0 atom stereocenters. The van der Waals surface area contributed by atoms with Crippen molar-refractivity contribution in [2.45, 2.75) is 57.5 Å². The molecule has 10 heteroatoms. The van der Waals surface area contributed by atoms with Crippen LogP contribution in [0, 0.1) is 17.2 Å². The second-order valence-corrected chi connectivity index (χ2v) is 10.9. The predicted molar refractivity (Wildman–Crippen MR) is 137 cm³/mol. The third-order valence-electron chi connectivity index (χ3n) is 6.69. The summed E-state index contributed by atoms with van der Waals surface area (Å²) in [4.78, 5) is 16.8. The smallest absolute Gasteiger partial charge is 0.223 e. The fraction of sp³-hybridized carbons (Fsp3) is 0.385. The van der Waals surface area contributed by atoms with E-state index in [1.54, 1.807) is 22.0 Å². The van der Waals surface area contributed by atoms with Crippen LogP contribution in [0.1, 0.15) is 56.0 Å². The van der Waals surface area contributed by atoms with Crippen LogP contribution in [-0.4, -0.2) is 42.8 Å². The van der Waals surface area contributed by atoms with E-state index < -0.39 is 0 Å². The van der Waals surface area contributed by atoms with Crippen LogP contribution >= 0.6 is 11.3 Å². The number of pyridine rings is 1. The summed E-state index contributed by atoms with van der Waals surface area (Å²) in [6.45, 7) is 4.19. The van der Waals surface area contributed by atoms with Crippen LogP contribution in [0.5, 0.6) is 0 Å². The number of amides is 1. The molecule has 0 aliphatic heterocycles. The van der Waals surface area contributed by atoms with Gasteiger partial charge >= 0.3 is 0 Å². The normalized spacial score (nSPS) is 19.2. The molecule has 2 aliphatic rings. The Morgan fingerprint density at radius 2 is 2.03 bits per heavy atom. The minimum atomic E-state index is 0.212. The first-order chi connectivity index (χ1) is 17.5. The van der Waals surface area contributed by atoms with Crippen molar-refractivity contribution in [3.63, 3.8) is 0 Å². The largest absolute Gasteiger partial charge is 0.382 e. The van der Waals surface area contributed by atoms with Crippen molar-refractivity contribution in [3.8, 4) is 28.0 Å². The fourth-order valence-electron chi connectivity index (χ4n) is 4.56. The molecular formula is C26H26N8OS. The number of rotatable bonds is 7. The van der Waals surface area contributed by atoms with Crippen molar-refractivity contribution in [3.05, 3.63) is 47.2 Å². The van der Waals surface area contributed by atoms with Gasteiger partial charge in [0.15, 0.2) is 5.01 Å². The van der Waals surface area contributed by atoms with Crippen LogP contribution in [0.15, 0.2) is 36.7 Å². The quantitative estimate of drug-likeness (QED) is 0.388. The van der Waals surface area contributed by atoms with Gasteiger partial charge in [0.25, 0.3) is 0 Å². The van der Waals surface area contributed by atoms with Crippen LogP contribution in [0.2, 0.25) is 0 Å². The van der Waals surface area contributed by atoms with Crippen LogP contribution in [0.3, 0.4) is 0 Å². The van der Waals surface area contributed by atoms with Gasteiger partial charge in [-0.25, -0.2) is 4.52 Å². The van der Waals surface area contributed by atoms with E-state index in [0.29, 0.717) is 11.5 Å². The summed E-state index contributed by atoms with van der Waals surface area (Å²) in [7, 11) is 0. The lowest BCUT2D eigenvalue weighted by molar-refractivity contribution is -0.123. The molecule has 4 aromatic rings. The van der Waals surface area contributed by atoms with Crippen molar-refractivity contribution in [2.75, 3.05) is 5.32 Å². The molecule has 0 spiro atoms. The van der Waals surface area contributed by atoms with Gasteiger partial charge in [0.05, 0.1) is 34.2 Å². The highest BCUT2D eigenvalue weighted by Gasteiger charge is 2.37. The minimum absolute atomic E-state index is 0.212. The van der Waals surface area contributed by atoms with Crippen LogP contribution < -0.4 is 10.6 Å². The first kappa shape index (κ1) is 22.6. The summed E-state index contributed by atoms with van der Waals surface area (Å²) >= 11 is 1.60. The van der Waals surface area contributed by atoms with Crippen LogP contribution in [-0.2, 0) is 4.79 Å². The Bertz CT molecular complexity index is 1490. The van der Waals surface area contributed by atoms with Gasteiger partial charge in [0.1, 0.15) is 11.1 Å². The number of hydrogen-bond donors (Lipinski definition) is 2. The number of fused-ring (bicyclic) bond motifs is 1. The van der Waals surface area contributed by atoms with E-state index >= 15 is 0 Å². The molecule has 6 rings (SSSR count). The number of nitriles is 1. The van der Waals surface area contributed by atoms with Gasteiger partial charge in [0.2, 0.25) is 5.91 Å². The van der Waals surface area contributed by atoms with Gasteiger partial charge in [-0.3, -0.25) is 9.78 Å². The van der Waals surface area contributed by atoms with Crippen molar-refractivity contribution >= 4 is 28.4 Å². The Morgan fingerprint density at radius 3 is 2.78 bits per heavy atom. The van der Waals surface area contributed by atoms with Gasteiger partial charge in [0, 0.05) is 35.8 Å². The lowest BCUT2D eigenvalue weighted by Crippen LogP contribution is -2.43. The molecule has 4 aromatic heterocycles. The Morgan fingerprint density at radius 1 is 1.19 bits per heavy atom. The fourth-order valence-corrected chi connectivity index (χ4v) is 5.55. The first-order valence-corrected chi connectivity index (χ1v) is 13.1. The number of hydrogen-bond acceptors (Lipinski definition) is 8. The molecule has 0 bridgehead atoms. The maximum atomic E-state index is 12.0. The summed E-state index contributed by atoms with van der Waals surface area (Å²) in [5.74, 6) is 0.796. The van der Waals surface area contributed by atoms with Gasteiger partial charge < -0.3 is 10.6 Å². The summed E-state index contributed by atoms with van der Waals surface area (Å²) in [5, 5.41) is 31.1. The highest BCUT2D eigenvalue weighted by molar-refractivity contribution is 7.14. The summed E-state index contributed by atoms with van der Waals surface area (Å²) in [5.41, 5.74) is 4.83. The van der Waals surface area contributed by atoms with E-state index in [0.717, 1.165) is 63.9 Å². The van der Waals surface area contributed by atoms with Gasteiger partial charge in [-0.1, -0.05) is 11.3 Å². The Kier molecular flexibility index (Phi) is 5.64. The van der Waals surface area contributed by atoms with Crippen LogP contribution in [0.4, 0.5) is 5.69 Å². The lowest BCUT2D eigenvalue weighted by atomic mass is 9.80. The SMILES string of the molecule is CC(C)Nc1cc(-c2ccc3cc(C#N)cnn23)ncc1-c1nnc([C@H]2C[C@@H](NC(=O)C3CC3)C2)s1. The van der Waals surface area contributed by atoms with Gasteiger partial charge in [-0.15, -0.1) is 10.2 Å². The average molecular weight is 499 g/mol. The van der Waals surface area contributed by atoms with E-state index in [1.165, 1.54) is 0 Å². The van der Waals surface area contributed by atoms with Crippen molar-refractivity contribution < 1.29 is 4.79 Å². The summed E-state index contributed by atoms with van der Waals surface area (Å²) in [6, 6.07) is 10.3. The number of carbonyl (C=O) groups is 1. The van der Waals surface area contributed by atoms with E-state index in [1.807, 2.05) is 30.5 Å². The molecule has 0 saturated heterocycles. The number of nitrogens with zero attached hydrogens (tertiary/aromatic N) is 6. The second kappa shape index (κ2) is 8.99. The highest BCUT2D eigenvalue weighted by Crippen LogP contribution is 2.42. The molecule has 0 unspecified atom stereocenters. The number of carbonyl (C=O) groups excluding carboxylic acids is 1. The molecule has 2 saturated carbocycles. The summed E-state index contributed by atoms with van der Waals surface area (Å²) in [6.07, 6.45) is 7.30. The van der Waals surface area contributed by atoms with Crippen molar-refractivity contribution in [2.24, 2.45) is 5.92 Å². The second-order valence-electron chi connectivity index (χ2n) is 9.92. The zero-order valence-electron chi connectivity index (χ0n) is 20.1. The lowest BCUT2D eigenvalue weighted by Gasteiger charge is -2.34. The van der Waals surface area contributed by atoms with E-state index in [-0.39, 0.29) is 23.9 Å². The molecular weight excluding hydrogens is 472 g/mol. The van der Waals surface area contributed by atoms with E-state index in [2.05, 4.69) is 45.8 Å². The highest BCUT2D eigenvalue weighted by atomic mass is 32.1. The molecule has 36 heavy (non-hydrogen) atoms. The average Bonchev–Trinajstić information content (AvgIpc) is 3.44. The Labute approximate surface area is 212 Å². The Balaban J connectivity index is 1.25. The van der Waals surface area contributed by atoms with Gasteiger partial charge in [-0.2, -0.15) is 10.4 Å². The predicted octanol–water partition coefficient (Wildman–Crippen LogP) is 4.38. The number of nitrogens with one attached hydrogen (secondary N) is 2. The topological polar surface area (TPSA) is 121 Å². The van der Waals surface area contributed by atoms with Crippen molar-refractivity contribution in [1.82, 2.24) is 30.1 Å². The molecule has 4 heterocycles. The van der Waals surface area contributed by atoms with E-state index in [4.69, 9.17) is 10.2 Å². The maximum absolute atomic E-state index is 12.0. The summed E-state index contributed by atoms with van der Waals surface area (Å²) < 4.78 is 1.79. The molecule has 182 valence electrons. The zero-order valence-corrected chi connectivity index (χ0v) is 20.9. The molecule has 9 nitrogen and oxygen atoms in total. The number of aromatic nitrogens is 5. The standard InChI is InChI=1S/C26H26N8OS/c1-14(2)30-21-10-22(23-6-5-19-7-15(11-27)12-29-34(19)23)28-13-20(21)26-33-32-25(36-26)17-8-18(9-17)31-24(35)16-3-4-16/h5-7,10,12-14,16-18H,3-4,8-9H2,1-2H3,(H,28,30)(H,31,35)/t17-,18+. The number of anilines is 1. The Hall–Kier alpha value is -3.84. The molecule has 0 radical (unpaired) electrons. The first-order valence-electron chi connectivity index (χ1n) is 12.3. The third-order valence-corrected chi connectivity index (χ3v) is 7.81. The maximum Gasteiger partial charge on any atom is 0.223 e. The monoisotopic (exact) mass is 498 g/mol. The molecule has 2 N–H and O–H groups in total. The minimum Gasteiger partial charge on any atom is -0.382 e. The third kappa shape index (κ3) is 4.31. The van der Waals surface area contributed by atoms with Crippen molar-refractivity contribution in [1.29, 1.82) is 5.26 Å². The van der Waals surface area contributed by atoms with Gasteiger partial charge in [-0.05, 0) is 63.8 Å². The molecule has 2 fully saturated rings. The zero-order chi connectivity index (χ0) is 24.8.